The lowest BCUT2D eigenvalue weighted by Gasteiger charge is -2.18. The van der Waals surface area contributed by atoms with Gasteiger partial charge in [0, 0.05) is 19.2 Å². The molecule has 0 aliphatic carbocycles. The Morgan fingerprint density at radius 2 is 1.90 bits per heavy atom. The molecule has 0 bridgehead atoms. The quantitative estimate of drug-likeness (QED) is 0.933. The molecule has 0 aromatic heterocycles. The van der Waals surface area contributed by atoms with E-state index in [9.17, 15) is 14.3 Å². The van der Waals surface area contributed by atoms with Gasteiger partial charge in [-0.15, -0.1) is 0 Å². The normalized spacial score (nSPS) is 10.3. The zero-order valence-corrected chi connectivity index (χ0v) is 11.4. The van der Waals surface area contributed by atoms with E-state index in [-0.39, 0.29) is 17.9 Å². The first kappa shape index (κ1) is 14.1. The number of nitrogens with zero attached hydrogens (tertiary/aromatic N) is 1. The third-order valence-corrected chi connectivity index (χ3v) is 3.17. The number of hydrogen-bond donors (Lipinski definition) is 1. The average Bonchev–Trinajstić information content (AvgIpc) is 2.43. The molecular formula is C16H16FNO2. The van der Waals surface area contributed by atoms with E-state index in [4.69, 9.17) is 0 Å². The molecule has 0 aliphatic rings. The standard InChI is InChI=1S/C16H16FNO2/c1-11-6-5-8-13(15(11)17)16(20)18(2)10-12-7-3-4-9-14(12)19/h3-9,19H,10H2,1-2H3. The van der Waals surface area contributed by atoms with E-state index in [1.54, 1.807) is 50.4 Å². The van der Waals surface area contributed by atoms with E-state index in [2.05, 4.69) is 0 Å². The number of benzene rings is 2. The minimum atomic E-state index is -0.498. The molecule has 0 heterocycles. The molecule has 1 N–H and O–H groups in total. The molecule has 0 atom stereocenters. The van der Waals surface area contributed by atoms with Gasteiger partial charge in [-0.1, -0.05) is 30.3 Å². The van der Waals surface area contributed by atoms with Crippen LogP contribution in [0.2, 0.25) is 0 Å². The second-order valence-electron chi connectivity index (χ2n) is 4.73. The first-order chi connectivity index (χ1) is 9.50. The monoisotopic (exact) mass is 273 g/mol. The minimum Gasteiger partial charge on any atom is -0.508 e. The number of carbonyl (C=O) groups excluding carboxylic acids is 1. The number of halogens is 1. The summed E-state index contributed by atoms with van der Waals surface area (Å²) in [6.07, 6.45) is 0. The smallest absolute Gasteiger partial charge is 0.256 e. The topological polar surface area (TPSA) is 40.5 Å². The van der Waals surface area contributed by atoms with Gasteiger partial charge in [0.1, 0.15) is 11.6 Å². The minimum absolute atomic E-state index is 0.0444. The number of amides is 1. The Morgan fingerprint density at radius 1 is 1.20 bits per heavy atom. The van der Waals surface area contributed by atoms with E-state index >= 15 is 0 Å². The Balaban J connectivity index is 2.21. The maximum Gasteiger partial charge on any atom is 0.256 e. The molecule has 104 valence electrons. The number of aryl methyl sites for hydroxylation is 1. The van der Waals surface area contributed by atoms with Crippen LogP contribution in [0.25, 0.3) is 0 Å². The molecule has 4 heteroatoms. The summed E-state index contributed by atoms with van der Waals surface area (Å²) in [5.41, 5.74) is 1.10. The number of phenolic OH excluding ortho intramolecular Hbond substituents is 1. The van der Waals surface area contributed by atoms with Crippen molar-refractivity contribution < 1.29 is 14.3 Å². The van der Waals surface area contributed by atoms with Gasteiger partial charge in [0.2, 0.25) is 0 Å². The van der Waals surface area contributed by atoms with E-state index < -0.39 is 11.7 Å². The fourth-order valence-electron chi connectivity index (χ4n) is 1.99. The maximum atomic E-state index is 13.9. The average molecular weight is 273 g/mol. The van der Waals surface area contributed by atoms with Crippen molar-refractivity contribution >= 4 is 5.91 Å². The summed E-state index contributed by atoms with van der Waals surface area (Å²) in [5, 5.41) is 9.70. The predicted molar refractivity (Wildman–Crippen MR) is 75.0 cm³/mol. The number of phenols is 1. The highest BCUT2D eigenvalue weighted by Crippen LogP contribution is 2.19. The van der Waals surface area contributed by atoms with Crippen LogP contribution >= 0.6 is 0 Å². The van der Waals surface area contributed by atoms with Crippen molar-refractivity contribution in [2.75, 3.05) is 7.05 Å². The molecule has 0 saturated carbocycles. The van der Waals surface area contributed by atoms with Crippen LogP contribution in [0.15, 0.2) is 42.5 Å². The lowest BCUT2D eigenvalue weighted by atomic mass is 10.1. The summed E-state index contributed by atoms with van der Waals surface area (Å²) < 4.78 is 13.9. The maximum absolute atomic E-state index is 13.9. The zero-order valence-electron chi connectivity index (χ0n) is 11.4. The molecule has 0 saturated heterocycles. The van der Waals surface area contributed by atoms with Crippen LogP contribution in [-0.4, -0.2) is 23.0 Å². The van der Waals surface area contributed by atoms with Gasteiger partial charge in [-0.2, -0.15) is 0 Å². The van der Waals surface area contributed by atoms with Crippen molar-refractivity contribution in [3.8, 4) is 5.75 Å². The van der Waals surface area contributed by atoms with E-state index in [1.807, 2.05) is 0 Å². The molecule has 20 heavy (non-hydrogen) atoms. The number of para-hydroxylation sites is 1. The molecule has 2 rings (SSSR count). The van der Waals surface area contributed by atoms with Gasteiger partial charge < -0.3 is 10.0 Å². The summed E-state index contributed by atoms with van der Waals surface area (Å²) >= 11 is 0. The highest BCUT2D eigenvalue weighted by Gasteiger charge is 2.18. The Morgan fingerprint density at radius 3 is 2.60 bits per heavy atom. The van der Waals surface area contributed by atoms with Crippen molar-refractivity contribution in [1.82, 2.24) is 4.90 Å². The van der Waals surface area contributed by atoms with Gasteiger partial charge in [0.15, 0.2) is 0 Å². The summed E-state index contributed by atoms with van der Waals surface area (Å²) in [5.74, 6) is -0.784. The van der Waals surface area contributed by atoms with Gasteiger partial charge in [-0.3, -0.25) is 4.79 Å². The van der Waals surface area contributed by atoms with Gasteiger partial charge >= 0.3 is 0 Å². The van der Waals surface area contributed by atoms with Crippen LogP contribution in [-0.2, 0) is 6.54 Å². The fraction of sp³-hybridized carbons (Fsp3) is 0.188. The molecule has 3 nitrogen and oxygen atoms in total. The number of carbonyl (C=O) groups is 1. The third-order valence-electron chi connectivity index (χ3n) is 3.17. The molecule has 0 radical (unpaired) electrons. The molecule has 0 aliphatic heterocycles. The summed E-state index contributed by atoms with van der Waals surface area (Å²) in [4.78, 5) is 13.6. The van der Waals surface area contributed by atoms with Crippen LogP contribution in [0.4, 0.5) is 4.39 Å². The molecular weight excluding hydrogens is 257 g/mol. The van der Waals surface area contributed by atoms with Crippen LogP contribution in [0.1, 0.15) is 21.5 Å². The SMILES string of the molecule is Cc1cccc(C(=O)N(C)Cc2ccccc2O)c1F. The molecule has 1 amide bonds. The molecule has 0 unspecified atom stereocenters. The van der Waals surface area contributed by atoms with Crippen molar-refractivity contribution in [2.45, 2.75) is 13.5 Å². The molecule has 2 aromatic rings. The first-order valence-electron chi connectivity index (χ1n) is 6.28. The highest BCUT2D eigenvalue weighted by molar-refractivity contribution is 5.94. The van der Waals surface area contributed by atoms with Gasteiger partial charge in [0.25, 0.3) is 5.91 Å². The first-order valence-corrected chi connectivity index (χ1v) is 6.28. The number of aromatic hydroxyl groups is 1. The van der Waals surface area contributed by atoms with Crippen molar-refractivity contribution in [3.63, 3.8) is 0 Å². The van der Waals surface area contributed by atoms with Gasteiger partial charge in [-0.05, 0) is 24.6 Å². The Kier molecular flexibility index (Phi) is 4.03. The second kappa shape index (κ2) is 5.74. The van der Waals surface area contributed by atoms with Crippen molar-refractivity contribution in [3.05, 3.63) is 65.0 Å². The van der Waals surface area contributed by atoms with E-state index in [1.165, 1.54) is 11.0 Å². The van der Waals surface area contributed by atoms with Gasteiger partial charge in [-0.25, -0.2) is 4.39 Å². The van der Waals surface area contributed by atoms with E-state index in [0.717, 1.165) is 0 Å². The summed E-state index contributed by atoms with van der Waals surface area (Å²) in [7, 11) is 1.58. The van der Waals surface area contributed by atoms with Crippen molar-refractivity contribution in [2.24, 2.45) is 0 Å². The zero-order chi connectivity index (χ0) is 14.7. The number of hydrogen-bond acceptors (Lipinski definition) is 2. The van der Waals surface area contributed by atoms with Crippen LogP contribution in [0.5, 0.6) is 5.75 Å². The van der Waals surface area contributed by atoms with Crippen molar-refractivity contribution in [1.29, 1.82) is 0 Å². The predicted octanol–water partition coefficient (Wildman–Crippen LogP) is 3.11. The third kappa shape index (κ3) is 2.79. The summed E-state index contributed by atoms with van der Waals surface area (Å²) in [6.45, 7) is 1.84. The van der Waals surface area contributed by atoms with Crippen LogP contribution in [0, 0.1) is 12.7 Å². The number of rotatable bonds is 3. The second-order valence-corrected chi connectivity index (χ2v) is 4.73. The summed E-state index contributed by atoms with van der Waals surface area (Å²) in [6, 6.07) is 11.5. The molecule has 0 fully saturated rings. The lowest BCUT2D eigenvalue weighted by Crippen LogP contribution is -2.27. The fourth-order valence-corrected chi connectivity index (χ4v) is 1.99. The van der Waals surface area contributed by atoms with Crippen LogP contribution in [0.3, 0.4) is 0 Å². The molecule has 2 aromatic carbocycles. The highest BCUT2D eigenvalue weighted by atomic mass is 19.1. The van der Waals surface area contributed by atoms with Gasteiger partial charge in [0.05, 0.1) is 5.56 Å². The Hall–Kier alpha value is -2.36. The Labute approximate surface area is 117 Å². The van der Waals surface area contributed by atoms with Crippen LogP contribution < -0.4 is 0 Å². The molecule has 0 spiro atoms. The van der Waals surface area contributed by atoms with E-state index in [0.29, 0.717) is 11.1 Å². The largest absolute Gasteiger partial charge is 0.508 e. The Bertz CT molecular complexity index is 640. The lowest BCUT2D eigenvalue weighted by molar-refractivity contribution is 0.0779.